The Kier molecular flexibility index (Phi) is 7.53. The molecule has 1 aromatic carbocycles. The van der Waals surface area contributed by atoms with Crippen molar-refractivity contribution in [3.8, 4) is 17.6 Å². The molecule has 5 heteroatoms. The molecule has 0 aliphatic heterocycles. The predicted octanol–water partition coefficient (Wildman–Crippen LogP) is 4.09. The molecule has 1 aliphatic carbocycles. The normalized spacial score (nSPS) is 15.4. The molecule has 0 aromatic heterocycles. The van der Waals surface area contributed by atoms with Crippen LogP contribution >= 0.6 is 0 Å². The van der Waals surface area contributed by atoms with Gasteiger partial charge in [0.2, 0.25) is 0 Å². The zero-order valence-corrected chi connectivity index (χ0v) is 15.9. The third-order valence-corrected chi connectivity index (χ3v) is 4.38. The fraction of sp³-hybridized carbons (Fsp3) is 0.524. The Morgan fingerprint density at radius 2 is 2.04 bits per heavy atom. The van der Waals surface area contributed by atoms with Crippen LogP contribution in [0.3, 0.4) is 0 Å². The summed E-state index contributed by atoms with van der Waals surface area (Å²) in [5.74, 6) is 1.35. The number of hydrogen-bond donors (Lipinski definition) is 1. The summed E-state index contributed by atoms with van der Waals surface area (Å²) in [6.07, 6.45) is 7.04. The minimum atomic E-state index is -0.307. The summed E-state index contributed by atoms with van der Waals surface area (Å²) in [4.78, 5) is 12.4. The molecule has 140 valence electrons. The minimum Gasteiger partial charge on any atom is -0.493 e. The van der Waals surface area contributed by atoms with Crippen LogP contribution in [0.25, 0.3) is 6.08 Å². The van der Waals surface area contributed by atoms with Gasteiger partial charge in [-0.3, -0.25) is 4.79 Å². The molecule has 1 fully saturated rings. The molecule has 0 atom stereocenters. The smallest absolute Gasteiger partial charge is 0.262 e. The third kappa shape index (κ3) is 5.80. The highest BCUT2D eigenvalue weighted by atomic mass is 16.5. The molecule has 1 aromatic rings. The number of ether oxygens (including phenoxy) is 2. The van der Waals surface area contributed by atoms with Crippen LogP contribution in [0.15, 0.2) is 23.8 Å². The summed E-state index contributed by atoms with van der Waals surface area (Å²) in [7, 11) is 1.58. The van der Waals surface area contributed by atoms with Gasteiger partial charge in [0.1, 0.15) is 11.6 Å². The van der Waals surface area contributed by atoms with Crippen molar-refractivity contribution < 1.29 is 14.3 Å². The number of carbonyl (C=O) groups excluding carboxylic acids is 1. The lowest BCUT2D eigenvalue weighted by molar-refractivity contribution is -0.117. The van der Waals surface area contributed by atoms with Gasteiger partial charge in [-0.25, -0.2) is 0 Å². The Hall–Kier alpha value is -2.48. The first kappa shape index (κ1) is 19.8. The van der Waals surface area contributed by atoms with E-state index in [1.165, 1.54) is 6.42 Å². The lowest BCUT2D eigenvalue weighted by Gasteiger charge is -2.22. The van der Waals surface area contributed by atoms with E-state index in [1.807, 2.05) is 12.1 Å². The highest BCUT2D eigenvalue weighted by Crippen LogP contribution is 2.29. The summed E-state index contributed by atoms with van der Waals surface area (Å²) in [5.41, 5.74) is 0.836. The number of carbonyl (C=O) groups is 1. The fourth-order valence-corrected chi connectivity index (χ4v) is 2.97. The van der Waals surface area contributed by atoms with Crippen molar-refractivity contribution in [2.45, 2.75) is 52.0 Å². The molecule has 0 radical (unpaired) electrons. The van der Waals surface area contributed by atoms with Crippen LogP contribution in [-0.4, -0.2) is 25.7 Å². The zero-order chi connectivity index (χ0) is 18.9. The van der Waals surface area contributed by atoms with Crippen molar-refractivity contribution in [3.05, 3.63) is 29.3 Å². The Bertz CT molecular complexity index is 683. The molecule has 2 rings (SSSR count). The van der Waals surface area contributed by atoms with E-state index in [4.69, 9.17) is 9.47 Å². The molecule has 1 saturated carbocycles. The lowest BCUT2D eigenvalue weighted by Crippen LogP contribution is -2.36. The summed E-state index contributed by atoms with van der Waals surface area (Å²) in [6, 6.07) is 7.59. The molecule has 1 aliphatic rings. The Morgan fingerprint density at radius 3 is 2.65 bits per heavy atom. The topological polar surface area (TPSA) is 71.3 Å². The van der Waals surface area contributed by atoms with E-state index in [2.05, 4.69) is 19.2 Å². The van der Waals surface area contributed by atoms with Crippen LogP contribution in [0.1, 0.15) is 51.5 Å². The van der Waals surface area contributed by atoms with Crippen LogP contribution in [-0.2, 0) is 4.79 Å². The van der Waals surface area contributed by atoms with Gasteiger partial charge in [-0.1, -0.05) is 39.2 Å². The number of rotatable bonds is 7. The largest absolute Gasteiger partial charge is 0.493 e. The molecule has 1 amide bonds. The van der Waals surface area contributed by atoms with Crippen LogP contribution in [0.2, 0.25) is 0 Å². The third-order valence-electron chi connectivity index (χ3n) is 4.38. The average molecular weight is 356 g/mol. The summed E-state index contributed by atoms with van der Waals surface area (Å²) in [6.45, 7) is 4.75. The second-order valence-electron chi connectivity index (χ2n) is 7.09. The molecule has 0 bridgehead atoms. The van der Waals surface area contributed by atoms with Gasteiger partial charge in [0.15, 0.2) is 11.5 Å². The van der Waals surface area contributed by atoms with E-state index in [0.717, 1.165) is 31.2 Å². The first-order valence-corrected chi connectivity index (χ1v) is 9.27. The van der Waals surface area contributed by atoms with Gasteiger partial charge in [-0.15, -0.1) is 0 Å². The van der Waals surface area contributed by atoms with Gasteiger partial charge in [0, 0.05) is 6.04 Å². The maximum Gasteiger partial charge on any atom is 0.262 e. The van der Waals surface area contributed by atoms with E-state index in [9.17, 15) is 10.1 Å². The van der Waals surface area contributed by atoms with Crippen molar-refractivity contribution in [1.82, 2.24) is 5.32 Å². The number of amides is 1. The number of benzene rings is 1. The van der Waals surface area contributed by atoms with Crippen LogP contribution in [0, 0.1) is 17.2 Å². The van der Waals surface area contributed by atoms with Crippen molar-refractivity contribution >= 4 is 12.0 Å². The quantitative estimate of drug-likeness (QED) is 0.590. The maximum atomic E-state index is 12.4. The van der Waals surface area contributed by atoms with Crippen molar-refractivity contribution in [3.63, 3.8) is 0 Å². The van der Waals surface area contributed by atoms with E-state index >= 15 is 0 Å². The number of nitriles is 1. The Morgan fingerprint density at radius 1 is 1.31 bits per heavy atom. The lowest BCUT2D eigenvalue weighted by atomic mass is 9.95. The average Bonchev–Trinajstić information content (AvgIpc) is 2.65. The van der Waals surface area contributed by atoms with Gasteiger partial charge in [0.25, 0.3) is 5.91 Å². The predicted molar refractivity (Wildman–Crippen MR) is 102 cm³/mol. The fourth-order valence-electron chi connectivity index (χ4n) is 2.97. The number of methoxy groups -OCH3 is 1. The molecule has 26 heavy (non-hydrogen) atoms. The number of nitrogens with one attached hydrogen (secondary N) is 1. The number of hydrogen-bond acceptors (Lipinski definition) is 4. The highest BCUT2D eigenvalue weighted by Gasteiger charge is 2.18. The number of nitrogens with zero attached hydrogens (tertiary/aromatic N) is 1. The van der Waals surface area contributed by atoms with E-state index in [1.54, 1.807) is 25.3 Å². The van der Waals surface area contributed by atoms with Crippen LogP contribution < -0.4 is 14.8 Å². The highest BCUT2D eigenvalue weighted by molar-refractivity contribution is 6.01. The molecule has 5 nitrogen and oxygen atoms in total. The molecule has 0 unspecified atom stereocenters. The first-order chi connectivity index (χ1) is 12.5. The van der Waals surface area contributed by atoms with Gasteiger partial charge < -0.3 is 14.8 Å². The van der Waals surface area contributed by atoms with Gasteiger partial charge in [0.05, 0.1) is 13.7 Å². The van der Waals surface area contributed by atoms with Crippen molar-refractivity contribution in [2.24, 2.45) is 5.92 Å². The van der Waals surface area contributed by atoms with E-state index < -0.39 is 0 Å². The van der Waals surface area contributed by atoms with Crippen LogP contribution in [0.4, 0.5) is 0 Å². The minimum absolute atomic E-state index is 0.105. The summed E-state index contributed by atoms with van der Waals surface area (Å²) < 4.78 is 11.1. The van der Waals surface area contributed by atoms with E-state index in [-0.39, 0.29) is 17.5 Å². The van der Waals surface area contributed by atoms with Crippen LogP contribution in [0.5, 0.6) is 11.5 Å². The molecular weight excluding hydrogens is 328 g/mol. The molecule has 1 N–H and O–H groups in total. The first-order valence-electron chi connectivity index (χ1n) is 9.27. The zero-order valence-electron chi connectivity index (χ0n) is 15.9. The second kappa shape index (κ2) is 9.86. The second-order valence-corrected chi connectivity index (χ2v) is 7.09. The van der Waals surface area contributed by atoms with Gasteiger partial charge in [-0.2, -0.15) is 5.26 Å². The van der Waals surface area contributed by atoms with Crippen molar-refractivity contribution in [2.75, 3.05) is 13.7 Å². The van der Waals surface area contributed by atoms with Gasteiger partial charge in [-0.05, 0) is 42.5 Å². The van der Waals surface area contributed by atoms with E-state index in [0.29, 0.717) is 24.0 Å². The SMILES string of the molecule is COc1cc(C=C(C#N)C(=O)NC2CCCCC2)ccc1OCC(C)C. The standard InChI is InChI=1S/C21H28N2O3/c1-15(2)14-26-19-10-9-16(12-20(19)25-3)11-17(13-22)21(24)23-18-7-5-4-6-8-18/h9-12,15,18H,4-8,14H2,1-3H3,(H,23,24). The molecular formula is C21H28N2O3. The molecule has 0 saturated heterocycles. The monoisotopic (exact) mass is 356 g/mol. The Balaban J connectivity index is 2.11. The van der Waals surface area contributed by atoms with Crippen molar-refractivity contribution in [1.29, 1.82) is 5.26 Å². The summed E-state index contributed by atoms with van der Waals surface area (Å²) in [5, 5.41) is 12.4. The Labute approximate surface area is 156 Å². The molecule has 0 heterocycles. The summed E-state index contributed by atoms with van der Waals surface area (Å²) >= 11 is 0. The molecule has 0 spiro atoms. The maximum absolute atomic E-state index is 12.4. The van der Waals surface area contributed by atoms with Gasteiger partial charge >= 0.3 is 0 Å².